The SMILES string of the molecule is Cc1ccc(C=C2C(=O)C3(C)CCC2C3(C)C)cc1S(=O)(=O)O. The summed E-state index contributed by atoms with van der Waals surface area (Å²) in [6, 6.07) is 4.87. The number of rotatable bonds is 2. The topological polar surface area (TPSA) is 71.4 Å². The van der Waals surface area contributed by atoms with Crippen molar-refractivity contribution in [3.05, 3.63) is 34.9 Å². The Balaban J connectivity index is 2.10. The lowest BCUT2D eigenvalue weighted by atomic mass is 9.70. The van der Waals surface area contributed by atoms with Gasteiger partial charge < -0.3 is 0 Å². The summed E-state index contributed by atoms with van der Waals surface area (Å²) in [6.45, 7) is 7.95. The number of hydrogen-bond donors (Lipinski definition) is 1. The van der Waals surface area contributed by atoms with Gasteiger partial charge >= 0.3 is 0 Å². The molecule has 124 valence electrons. The number of aryl methyl sites for hydroxylation is 1. The summed E-state index contributed by atoms with van der Waals surface area (Å²) in [5.74, 6) is 0.378. The van der Waals surface area contributed by atoms with Gasteiger partial charge in [-0.15, -0.1) is 0 Å². The van der Waals surface area contributed by atoms with Crippen molar-refractivity contribution in [3.63, 3.8) is 0 Å². The van der Waals surface area contributed by atoms with Crippen LogP contribution in [0.25, 0.3) is 6.08 Å². The van der Waals surface area contributed by atoms with Crippen LogP contribution in [-0.2, 0) is 14.9 Å². The Labute approximate surface area is 137 Å². The van der Waals surface area contributed by atoms with Crippen molar-refractivity contribution >= 4 is 22.0 Å². The van der Waals surface area contributed by atoms with E-state index in [2.05, 4.69) is 13.8 Å². The molecule has 2 unspecified atom stereocenters. The van der Waals surface area contributed by atoms with E-state index in [0.717, 1.165) is 18.4 Å². The normalized spacial score (nSPS) is 31.1. The first-order chi connectivity index (χ1) is 10.5. The minimum absolute atomic E-state index is 0.0769. The van der Waals surface area contributed by atoms with Gasteiger partial charge in [-0.1, -0.05) is 32.9 Å². The van der Waals surface area contributed by atoms with E-state index in [1.165, 1.54) is 6.07 Å². The maximum atomic E-state index is 12.8. The number of carbonyl (C=O) groups is 1. The highest BCUT2D eigenvalue weighted by atomic mass is 32.2. The van der Waals surface area contributed by atoms with Crippen molar-refractivity contribution in [3.8, 4) is 0 Å². The van der Waals surface area contributed by atoms with Crippen LogP contribution in [-0.4, -0.2) is 18.8 Å². The van der Waals surface area contributed by atoms with E-state index in [1.807, 2.05) is 6.92 Å². The highest BCUT2D eigenvalue weighted by Gasteiger charge is 2.63. The maximum absolute atomic E-state index is 12.8. The Morgan fingerprint density at radius 3 is 2.43 bits per heavy atom. The fourth-order valence-corrected chi connectivity index (χ4v) is 5.02. The van der Waals surface area contributed by atoms with Crippen molar-refractivity contribution < 1.29 is 17.8 Å². The van der Waals surface area contributed by atoms with Gasteiger partial charge in [-0.2, -0.15) is 8.42 Å². The fraction of sp³-hybridized carbons (Fsp3) is 0.500. The van der Waals surface area contributed by atoms with Gasteiger partial charge in [0.25, 0.3) is 10.1 Å². The Kier molecular flexibility index (Phi) is 3.40. The van der Waals surface area contributed by atoms with Gasteiger partial charge in [-0.3, -0.25) is 9.35 Å². The molecular weight excluding hydrogens is 312 g/mol. The van der Waals surface area contributed by atoms with Crippen LogP contribution in [0.1, 0.15) is 44.7 Å². The van der Waals surface area contributed by atoms with Crippen LogP contribution in [0.5, 0.6) is 0 Å². The van der Waals surface area contributed by atoms with Crippen molar-refractivity contribution in [2.45, 2.75) is 45.4 Å². The van der Waals surface area contributed by atoms with Gasteiger partial charge in [-0.25, -0.2) is 0 Å². The number of fused-ring (bicyclic) bond motifs is 2. The summed E-state index contributed by atoms with van der Waals surface area (Å²) >= 11 is 0. The third-order valence-electron chi connectivity index (χ3n) is 6.18. The number of benzene rings is 1. The summed E-state index contributed by atoms with van der Waals surface area (Å²) in [5.41, 5.74) is 1.50. The molecule has 2 atom stereocenters. The first kappa shape index (κ1) is 16.4. The van der Waals surface area contributed by atoms with Gasteiger partial charge in [0.15, 0.2) is 5.78 Å². The van der Waals surface area contributed by atoms with E-state index >= 15 is 0 Å². The smallest absolute Gasteiger partial charge is 0.294 e. The second kappa shape index (κ2) is 4.77. The molecule has 0 heterocycles. The van der Waals surface area contributed by atoms with Crippen LogP contribution in [0, 0.1) is 23.7 Å². The quantitative estimate of drug-likeness (QED) is 0.662. The minimum atomic E-state index is -4.26. The molecule has 2 bridgehead atoms. The molecule has 23 heavy (non-hydrogen) atoms. The molecule has 2 fully saturated rings. The molecule has 1 aromatic carbocycles. The van der Waals surface area contributed by atoms with Crippen molar-refractivity contribution in [2.75, 3.05) is 0 Å². The van der Waals surface area contributed by atoms with Crippen molar-refractivity contribution in [2.24, 2.45) is 16.7 Å². The summed E-state index contributed by atoms with van der Waals surface area (Å²) in [6.07, 6.45) is 3.69. The molecule has 2 aliphatic rings. The zero-order valence-electron chi connectivity index (χ0n) is 13.9. The lowest BCUT2D eigenvalue weighted by Gasteiger charge is -2.31. The first-order valence-electron chi connectivity index (χ1n) is 7.83. The number of ketones is 1. The van der Waals surface area contributed by atoms with Gasteiger partial charge in [-0.05, 0) is 59.9 Å². The van der Waals surface area contributed by atoms with E-state index in [4.69, 9.17) is 0 Å². The maximum Gasteiger partial charge on any atom is 0.294 e. The van der Waals surface area contributed by atoms with Gasteiger partial charge in [0.1, 0.15) is 0 Å². The van der Waals surface area contributed by atoms with Gasteiger partial charge in [0.05, 0.1) is 4.90 Å². The molecule has 1 N–H and O–H groups in total. The van der Waals surface area contributed by atoms with Crippen LogP contribution in [0.4, 0.5) is 0 Å². The van der Waals surface area contributed by atoms with E-state index in [1.54, 1.807) is 25.1 Å². The Hall–Kier alpha value is -1.46. The fourth-order valence-electron chi connectivity index (χ4n) is 4.26. The molecule has 2 aliphatic carbocycles. The van der Waals surface area contributed by atoms with Gasteiger partial charge in [0.2, 0.25) is 0 Å². The predicted octanol–water partition coefficient (Wildman–Crippen LogP) is 3.65. The molecule has 4 nitrogen and oxygen atoms in total. The average molecular weight is 334 g/mol. The van der Waals surface area contributed by atoms with E-state index < -0.39 is 10.1 Å². The summed E-state index contributed by atoms with van der Waals surface area (Å²) < 4.78 is 32.2. The van der Waals surface area contributed by atoms with E-state index in [0.29, 0.717) is 11.1 Å². The average Bonchev–Trinajstić information content (AvgIpc) is 2.74. The molecule has 0 aromatic heterocycles. The molecule has 0 radical (unpaired) electrons. The lowest BCUT2D eigenvalue weighted by Crippen LogP contribution is -2.32. The van der Waals surface area contributed by atoms with Crippen molar-refractivity contribution in [1.82, 2.24) is 0 Å². The summed E-state index contributed by atoms with van der Waals surface area (Å²) in [5, 5.41) is 0. The highest BCUT2D eigenvalue weighted by molar-refractivity contribution is 7.85. The van der Waals surface area contributed by atoms with Crippen LogP contribution >= 0.6 is 0 Å². The van der Waals surface area contributed by atoms with Crippen molar-refractivity contribution in [1.29, 1.82) is 0 Å². The molecule has 5 heteroatoms. The van der Waals surface area contributed by atoms with Crippen LogP contribution in [0.15, 0.2) is 28.7 Å². The number of hydrogen-bond acceptors (Lipinski definition) is 3. The molecule has 0 amide bonds. The third kappa shape index (κ3) is 2.21. The zero-order chi connectivity index (χ0) is 17.2. The standard InChI is InChI=1S/C18H22O4S/c1-11-5-6-12(10-15(11)23(20,21)22)9-13-14-7-8-18(4,16(13)19)17(14,2)3/h5-6,9-10,14H,7-8H2,1-4H3,(H,20,21,22). The molecule has 0 saturated heterocycles. The largest absolute Gasteiger partial charge is 0.294 e. The highest BCUT2D eigenvalue weighted by Crippen LogP contribution is 2.65. The van der Waals surface area contributed by atoms with Crippen LogP contribution in [0.3, 0.4) is 0 Å². The van der Waals surface area contributed by atoms with Crippen LogP contribution in [0.2, 0.25) is 0 Å². The van der Waals surface area contributed by atoms with E-state index in [9.17, 15) is 17.8 Å². The summed E-state index contributed by atoms with van der Waals surface area (Å²) in [4.78, 5) is 12.7. The number of Topliss-reactive ketones (excluding diaryl/α,β-unsaturated/α-hetero) is 1. The summed E-state index contributed by atoms with van der Waals surface area (Å²) in [7, 11) is -4.26. The molecule has 1 aromatic rings. The van der Waals surface area contributed by atoms with E-state index in [-0.39, 0.29) is 27.4 Å². The van der Waals surface area contributed by atoms with Crippen LogP contribution < -0.4 is 0 Å². The molecule has 3 rings (SSSR count). The predicted molar refractivity (Wildman–Crippen MR) is 88.6 cm³/mol. The van der Waals surface area contributed by atoms with Gasteiger partial charge in [0, 0.05) is 5.41 Å². The second-order valence-corrected chi connectivity index (χ2v) is 8.96. The first-order valence-corrected chi connectivity index (χ1v) is 9.27. The Morgan fingerprint density at radius 2 is 1.91 bits per heavy atom. The molecule has 2 saturated carbocycles. The Bertz CT molecular complexity index is 833. The molecular formula is C18H22O4S. The number of allylic oxidation sites excluding steroid dienone is 1. The third-order valence-corrected chi connectivity index (χ3v) is 7.17. The zero-order valence-corrected chi connectivity index (χ0v) is 14.7. The number of carbonyl (C=O) groups excluding carboxylic acids is 1. The molecule has 0 aliphatic heterocycles. The monoisotopic (exact) mass is 334 g/mol. The second-order valence-electron chi connectivity index (χ2n) is 7.57. The Morgan fingerprint density at radius 1 is 1.26 bits per heavy atom. The molecule has 0 spiro atoms. The minimum Gasteiger partial charge on any atom is -0.294 e. The lowest BCUT2D eigenvalue weighted by molar-refractivity contribution is -0.125.